The molecule has 1 fully saturated rings. The number of hydrogen-bond acceptors (Lipinski definition) is 3. The fraction of sp³-hybridized carbons (Fsp3) is 0.333. The molecule has 2 aromatic rings. The minimum absolute atomic E-state index is 0. The maximum atomic E-state index is 11.9. The van der Waals surface area contributed by atoms with Gasteiger partial charge in [-0.2, -0.15) is 0 Å². The zero-order valence-electron chi connectivity index (χ0n) is 12.2. The molecule has 1 aliphatic rings. The van der Waals surface area contributed by atoms with E-state index in [0.717, 1.165) is 30.5 Å². The predicted molar refractivity (Wildman–Crippen MR) is 85.2 cm³/mol. The van der Waals surface area contributed by atoms with Crippen molar-refractivity contribution in [2.75, 3.05) is 13.1 Å². The minimum atomic E-state index is -0.487. The van der Waals surface area contributed by atoms with E-state index in [1.165, 1.54) is 0 Å². The van der Waals surface area contributed by atoms with E-state index in [1.54, 1.807) is 23.2 Å². The lowest BCUT2D eigenvalue weighted by atomic mass is 10.0. The number of likely N-dealkylation sites (tertiary alicyclic amines) is 1. The molecule has 2 heterocycles. The van der Waals surface area contributed by atoms with Crippen LogP contribution in [0.15, 0.2) is 24.4 Å². The molecule has 3 N–H and O–H groups in total. The number of fused-ring (bicyclic) bond motifs is 1. The van der Waals surface area contributed by atoms with Gasteiger partial charge in [-0.1, -0.05) is 6.07 Å². The highest BCUT2D eigenvalue weighted by Crippen LogP contribution is 2.29. The topological polar surface area (TPSA) is 88.4 Å². The number of H-pyrrole nitrogens is 1. The molecule has 1 aromatic carbocycles. The summed E-state index contributed by atoms with van der Waals surface area (Å²) in [7, 11) is 0. The van der Waals surface area contributed by atoms with Gasteiger partial charge >= 0.3 is 6.09 Å². The fourth-order valence-electron chi connectivity index (χ4n) is 2.53. The third-order valence-corrected chi connectivity index (χ3v) is 3.85. The highest BCUT2D eigenvalue weighted by atomic mass is 35.5. The summed E-state index contributed by atoms with van der Waals surface area (Å²) in [5.41, 5.74) is 7.32. The molecule has 1 aromatic heterocycles. The molecule has 7 heteroatoms. The quantitative estimate of drug-likeness (QED) is 0.910. The lowest BCUT2D eigenvalue weighted by Crippen LogP contribution is -2.42. The van der Waals surface area contributed by atoms with Crippen LogP contribution in [0.25, 0.3) is 10.9 Å². The molecular weight excluding hydrogens is 306 g/mol. The summed E-state index contributed by atoms with van der Waals surface area (Å²) in [5.74, 6) is -0.487. The van der Waals surface area contributed by atoms with Gasteiger partial charge in [0.15, 0.2) is 0 Å². The smallest absolute Gasteiger partial charge is 0.410 e. The first kappa shape index (κ1) is 16.2. The van der Waals surface area contributed by atoms with Crippen LogP contribution in [0.3, 0.4) is 0 Å². The van der Waals surface area contributed by atoms with Crippen molar-refractivity contribution in [2.45, 2.75) is 19.4 Å². The Labute approximate surface area is 134 Å². The summed E-state index contributed by atoms with van der Waals surface area (Å²) >= 11 is 0. The Balaban J connectivity index is 0.00000176. The maximum absolute atomic E-state index is 11.9. The third-order valence-electron chi connectivity index (χ3n) is 3.85. The van der Waals surface area contributed by atoms with Crippen molar-refractivity contribution in [1.82, 2.24) is 9.88 Å². The number of rotatable bonds is 3. The second-order valence-corrected chi connectivity index (χ2v) is 5.20. The van der Waals surface area contributed by atoms with E-state index < -0.39 is 12.0 Å². The van der Waals surface area contributed by atoms with Crippen molar-refractivity contribution in [3.63, 3.8) is 0 Å². The molecule has 0 saturated carbocycles. The number of primary amides is 1. The van der Waals surface area contributed by atoms with E-state index in [1.807, 2.05) is 13.0 Å². The average molecular weight is 324 g/mol. The summed E-state index contributed by atoms with van der Waals surface area (Å²) in [6.45, 7) is 3.33. The van der Waals surface area contributed by atoms with Gasteiger partial charge in [0.25, 0.3) is 5.91 Å². The van der Waals surface area contributed by atoms with Gasteiger partial charge in [0.05, 0.1) is 11.1 Å². The van der Waals surface area contributed by atoms with Crippen LogP contribution < -0.4 is 5.73 Å². The number of carbonyl (C=O) groups excluding carboxylic acids is 2. The number of halogens is 1. The van der Waals surface area contributed by atoms with E-state index in [-0.39, 0.29) is 18.5 Å². The average Bonchev–Trinajstić information content (AvgIpc) is 2.83. The molecule has 3 rings (SSSR count). The Kier molecular flexibility index (Phi) is 4.61. The monoisotopic (exact) mass is 323 g/mol. The lowest BCUT2D eigenvalue weighted by molar-refractivity contribution is 0.0529. The number of amides is 2. The number of nitrogens with zero attached hydrogens (tertiary/aromatic N) is 1. The second kappa shape index (κ2) is 6.27. The lowest BCUT2D eigenvalue weighted by Gasteiger charge is -2.31. The number of ether oxygens (including phenoxy) is 1. The van der Waals surface area contributed by atoms with Gasteiger partial charge < -0.3 is 20.4 Å². The standard InChI is InChI=1S/C15H17N3O3.ClH/c1-9(21-15(20)18-7-2-8-18)10-3-4-12(14(16)19)13-11(10)5-6-17-13;/h3-6,9,17H,2,7-8H2,1H3,(H2,16,19);1H. The van der Waals surface area contributed by atoms with Crippen molar-refractivity contribution < 1.29 is 14.3 Å². The molecule has 22 heavy (non-hydrogen) atoms. The van der Waals surface area contributed by atoms with Gasteiger partial charge in [0, 0.05) is 30.2 Å². The number of benzene rings is 1. The van der Waals surface area contributed by atoms with Crippen LogP contribution >= 0.6 is 12.4 Å². The number of aromatic nitrogens is 1. The number of hydrogen-bond donors (Lipinski definition) is 2. The normalized spacial score (nSPS) is 14.9. The molecule has 1 unspecified atom stereocenters. The first-order valence-corrected chi connectivity index (χ1v) is 6.93. The highest BCUT2D eigenvalue weighted by molar-refractivity contribution is 6.05. The van der Waals surface area contributed by atoms with Crippen molar-refractivity contribution >= 4 is 35.3 Å². The molecule has 0 aliphatic carbocycles. The first-order valence-electron chi connectivity index (χ1n) is 6.93. The van der Waals surface area contributed by atoms with E-state index >= 15 is 0 Å². The molecular formula is C15H18ClN3O3. The summed E-state index contributed by atoms with van der Waals surface area (Å²) in [6, 6.07) is 5.29. The Morgan fingerprint density at radius 1 is 1.32 bits per heavy atom. The Morgan fingerprint density at radius 2 is 2.05 bits per heavy atom. The van der Waals surface area contributed by atoms with Gasteiger partial charge in [0.1, 0.15) is 6.10 Å². The zero-order valence-corrected chi connectivity index (χ0v) is 13.0. The van der Waals surface area contributed by atoms with Gasteiger partial charge in [-0.3, -0.25) is 4.79 Å². The fourth-order valence-corrected chi connectivity index (χ4v) is 2.53. The molecule has 118 valence electrons. The molecule has 0 spiro atoms. The van der Waals surface area contributed by atoms with E-state index in [0.29, 0.717) is 11.1 Å². The number of nitrogens with two attached hydrogens (primary N) is 1. The van der Waals surface area contributed by atoms with Gasteiger partial charge in [0.2, 0.25) is 0 Å². The van der Waals surface area contributed by atoms with Crippen molar-refractivity contribution in [2.24, 2.45) is 5.73 Å². The van der Waals surface area contributed by atoms with Crippen molar-refractivity contribution in [3.8, 4) is 0 Å². The van der Waals surface area contributed by atoms with Crippen LogP contribution in [-0.4, -0.2) is 35.0 Å². The second-order valence-electron chi connectivity index (χ2n) is 5.20. The van der Waals surface area contributed by atoms with Gasteiger partial charge in [-0.05, 0) is 25.5 Å². The van der Waals surface area contributed by atoms with E-state index in [9.17, 15) is 9.59 Å². The van der Waals surface area contributed by atoms with Crippen LogP contribution in [-0.2, 0) is 4.74 Å². The number of nitrogens with one attached hydrogen (secondary N) is 1. The first-order chi connectivity index (χ1) is 10.1. The third kappa shape index (κ3) is 2.74. The Hall–Kier alpha value is -2.21. The molecule has 1 atom stereocenters. The summed E-state index contributed by atoms with van der Waals surface area (Å²) in [4.78, 5) is 28.0. The Bertz CT molecular complexity index is 709. The molecule has 1 aliphatic heterocycles. The van der Waals surface area contributed by atoms with Crippen LogP contribution in [0, 0.1) is 0 Å². The van der Waals surface area contributed by atoms with Crippen LogP contribution in [0.5, 0.6) is 0 Å². The largest absolute Gasteiger partial charge is 0.441 e. The molecule has 2 amide bonds. The van der Waals surface area contributed by atoms with Gasteiger partial charge in [-0.15, -0.1) is 12.4 Å². The van der Waals surface area contributed by atoms with Crippen molar-refractivity contribution in [3.05, 3.63) is 35.5 Å². The molecule has 0 radical (unpaired) electrons. The maximum Gasteiger partial charge on any atom is 0.410 e. The van der Waals surface area contributed by atoms with Crippen LogP contribution in [0.2, 0.25) is 0 Å². The highest BCUT2D eigenvalue weighted by Gasteiger charge is 2.24. The minimum Gasteiger partial charge on any atom is -0.441 e. The SMILES string of the molecule is CC(OC(=O)N1CCC1)c1ccc(C(N)=O)c2[nH]ccc12.Cl. The Morgan fingerprint density at radius 3 is 2.64 bits per heavy atom. The predicted octanol–water partition coefficient (Wildman–Crippen LogP) is 2.59. The zero-order chi connectivity index (χ0) is 15.0. The number of aromatic amines is 1. The summed E-state index contributed by atoms with van der Waals surface area (Å²) < 4.78 is 5.48. The van der Waals surface area contributed by atoms with E-state index in [4.69, 9.17) is 10.5 Å². The molecule has 1 saturated heterocycles. The van der Waals surface area contributed by atoms with E-state index in [2.05, 4.69) is 4.98 Å². The summed E-state index contributed by atoms with van der Waals surface area (Å²) in [5, 5.41) is 0.843. The van der Waals surface area contributed by atoms with Crippen LogP contribution in [0.1, 0.15) is 35.4 Å². The van der Waals surface area contributed by atoms with Crippen LogP contribution in [0.4, 0.5) is 4.79 Å². The summed E-state index contributed by atoms with van der Waals surface area (Å²) in [6.07, 6.45) is 2.08. The number of carbonyl (C=O) groups is 2. The molecule has 0 bridgehead atoms. The van der Waals surface area contributed by atoms with Crippen molar-refractivity contribution in [1.29, 1.82) is 0 Å². The van der Waals surface area contributed by atoms with Gasteiger partial charge in [-0.25, -0.2) is 4.79 Å². The molecule has 6 nitrogen and oxygen atoms in total.